The average Bonchev–Trinajstić information content (AvgIpc) is 2.74. The van der Waals surface area contributed by atoms with Crippen molar-refractivity contribution in [2.45, 2.75) is 25.9 Å². The van der Waals surface area contributed by atoms with Crippen LogP contribution in [0, 0.1) is 0 Å². The average molecular weight is 521 g/mol. The second kappa shape index (κ2) is 11.2. The van der Waals surface area contributed by atoms with E-state index in [0.29, 0.717) is 17.0 Å². The van der Waals surface area contributed by atoms with Crippen LogP contribution in [0.25, 0.3) is 0 Å². The lowest BCUT2D eigenvalue weighted by atomic mass is 10.1. The molecular weight excluding hydrogens is 497 g/mol. The number of carbonyl (C=O) groups is 2. The molecule has 32 heavy (non-hydrogen) atoms. The van der Waals surface area contributed by atoms with Gasteiger partial charge in [0.15, 0.2) is 0 Å². The maximum absolute atomic E-state index is 13.4. The normalized spacial score (nSPS) is 12.2. The minimum atomic E-state index is -3.86. The zero-order valence-corrected chi connectivity index (χ0v) is 20.9. The second-order valence-corrected chi connectivity index (χ2v) is 10.1. The second-order valence-electron chi connectivity index (χ2n) is 7.02. The molecule has 0 aromatic heterocycles. The van der Waals surface area contributed by atoms with Crippen LogP contribution in [-0.2, 0) is 26.2 Å². The van der Waals surface area contributed by atoms with Crippen LogP contribution in [0.5, 0.6) is 0 Å². The number of hydrogen-bond donors (Lipinski definition) is 1. The van der Waals surface area contributed by atoms with E-state index in [4.69, 9.17) is 34.8 Å². The van der Waals surface area contributed by atoms with E-state index in [1.165, 1.54) is 30.1 Å². The lowest BCUT2D eigenvalue weighted by Gasteiger charge is -2.32. The number of nitrogens with zero attached hydrogens (tertiary/aromatic N) is 2. The highest BCUT2D eigenvalue weighted by molar-refractivity contribution is 7.92. The van der Waals surface area contributed by atoms with Crippen LogP contribution in [-0.4, -0.2) is 51.0 Å². The molecule has 0 spiro atoms. The van der Waals surface area contributed by atoms with Gasteiger partial charge in [-0.15, -0.1) is 0 Å². The molecule has 1 N–H and O–H groups in total. The third-order valence-electron chi connectivity index (χ3n) is 4.80. The zero-order chi connectivity index (χ0) is 24.1. The number of anilines is 1. The number of rotatable bonds is 9. The van der Waals surface area contributed by atoms with Gasteiger partial charge in [0, 0.05) is 18.6 Å². The maximum atomic E-state index is 13.4. The first-order valence-electron chi connectivity index (χ1n) is 9.66. The van der Waals surface area contributed by atoms with Crippen molar-refractivity contribution in [1.82, 2.24) is 10.2 Å². The maximum Gasteiger partial charge on any atom is 0.244 e. The van der Waals surface area contributed by atoms with Crippen molar-refractivity contribution in [3.63, 3.8) is 0 Å². The summed E-state index contributed by atoms with van der Waals surface area (Å²) in [6, 6.07) is 10.4. The summed E-state index contributed by atoms with van der Waals surface area (Å²) >= 11 is 18.3. The van der Waals surface area contributed by atoms with Gasteiger partial charge in [0.25, 0.3) is 0 Å². The predicted octanol–water partition coefficient (Wildman–Crippen LogP) is 3.97. The first-order valence-corrected chi connectivity index (χ1v) is 12.6. The molecule has 0 heterocycles. The molecule has 0 aliphatic rings. The summed E-state index contributed by atoms with van der Waals surface area (Å²) in [5, 5.41) is 3.38. The van der Waals surface area contributed by atoms with E-state index in [1.807, 2.05) is 0 Å². The number of hydrogen-bond acceptors (Lipinski definition) is 4. The first-order chi connectivity index (χ1) is 15.0. The molecule has 0 aliphatic heterocycles. The van der Waals surface area contributed by atoms with Crippen molar-refractivity contribution in [3.05, 3.63) is 63.1 Å². The van der Waals surface area contributed by atoms with Crippen molar-refractivity contribution in [1.29, 1.82) is 0 Å². The van der Waals surface area contributed by atoms with Gasteiger partial charge in [-0.2, -0.15) is 0 Å². The number of amides is 2. The fourth-order valence-corrected chi connectivity index (χ4v) is 4.48. The van der Waals surface area contributed by atoms with Gasteiger partial charge < -0.3 is 10.2 Å². The summed E-state index contributed by atoms with van der Waals surface area (Å²) in [7, 11) is -2.38. The summed E-state index contributed by atoms with van der Waals surface area (Å²) < 4.78 is 25.9. The Morgan fingerprint density at radius 1 is 1.03 bits per heavy atom. The lowest BCUT2D eigenvalue weighted by molar-refractivity contribution is -0.140. The summed E-state index contributed by atoms with van der Waals surface area (Å²) in [4.78, 5) is 27.2. The summed E-state index contributed by atoms with van der Waals surface area (Å²) in [5.74, 6) is -0.940. The Morgan fingerprint density at radius 2 is 1.69 bits per heavy atom. The van der Waals surface area contributed by atoms with Crippen molar-refractivity contribution in [3.8, 4) is 0 Å². The van der Waals surface area contributed by atoms with Gasteiger partial charge in [0.05, 0.1) is 22.0 Å². The van der Waals surface area contributed by atoms with Crippen LogP contribution in [0.2, 0.25) is 15.1 Å². The minimum absolute atomic E-state index is 0.0312. The van der Waals surface area contributed by atoms with Crippen molar-refractivity contribution in [2.24, 2.45) is 0 Å². The Hall–Kier alpha value is -2.00. The Bertz CT molecular complexity index is 1100. The van der Waals surface area contributed by atoms with Crippen molar-refractivity contribution < 1.29 is 18.0 Å². The highest BCUT2D eigenvalue weighted by Crippen LogP contribution is 2.29. The number of carbonyl (C=O) groups excluding carboxylic acids is 2. The quantitative estimate of drug-likeness (QED) is 0.542. The molecule has 0 saturated carbocycles. The molecular formula is C21H24Cl3N3O4S. The molecule has 0 bridgehead atoms. The molecule has 174 valence electrons. The third-order valence-corrected chi connectivity index (χ3v) is 7.05. The van der Waals surface area contributed by atoms with E-state index in [9.17, 15) is 18.0 Å². The van der Waals surface area contributed by atoms with Crippen LogP contribution in [0.3, 0.4) is 0 Å². The standard InChI is InChI=1S/C21H24Cl3N3O4S/c1-4-19(21(29)25-2)26(12-14-7-5-6-8-16(14)22)20(28)13-27(32(3,30)31)15-9-10-17(23)18(24)11-15/h5-11,19H,4,12-13H2,1-3H3,(H,25,29)/t19-/m1/s1. The van der Waals surface area contributed by atoms with Gasteiger partial charge in [0.2, 0.25) is 21.8 Å². The van der Waals surface area contributed by atoms with E-state index in [0.717, 1.165) is 10.6 Å². The van der Waals surface area contributed by atoms with Crippen LogP contribution in [0.4, 0.5) is 5.69 Å². The van der Waals surface area contributed by atoms with Gasteiger partial charge in [-0.1, -0.05) is 59.9 Å². The van der Waals surface area contributed by atoms with Crippen LogP contribution < -0.4 is 9.62 Å². The lowest BCUT2D eigenvalue weighted by Crippen LogP contribution is -2.51. The highest BCUT2D eigenvalue weighted by Gasteiger charge is 2.31. The zero-order valence-electron chi connectivity index (χ0n) is 17.8. The highest BCUT2D eigenvalue weighted by atomic mass is 35.5. The first kappa shape index (κ1) is 26.3. The largest absolute Gasteiger partial charge is 0.357 e. The van der Waals surface area contributed by atoms with Crippen molar-refractivity contribution in [2.75, 3.05) is 24.2 Å². The van der Waals surface area contributed by atoms with Gasteiger partial charge in [-0.25, -0.2) is 8.42 Å². The molecule has 0 radical (unpaired) electrons. The van der Waals surface area contributed by atoms with Gasteiger partial charge in [-0.05, 0) is 36.2 Å². The fourth-order valence-electron chi connectivity index (χ4n) is 3.15. The van der Waals surface area contributed by atoms with Crippen LogP contribution in [0.1, 0.15) is 18.9 Å². The molecule has 0 saturated heterocycles. The van der Waals surface area contributed by atoms with Crippen LogP contribution in [0.15, 0.2) is 42.5 Å². The van der Waals surface area contributed by atoms with Crippen molar-refractivity contribution >= 4 is 62.3 Å². The van der Waals surface area contributed by atoms with Gasteiger partial charge in [0.1, 0.15) is 12.6 Å². The Labute approximate surface area is 203 Å². The van der Waals surface area contributed by atoms with E-state index < -0.39 is 28.5 Å². The smallest absolute Gasteiger partial charge is 0.244 e. The molecule has 2 aromatic carbocycles. The number of benzene rings is 2. The molecule has 1 atom stereocenters. The van der Waals surface area contributed by atoms with E-state index in [1.54, 1.807) is 31.2 Å². The molecule has 2 rings (SSSR count). The molecule has 2 aromatic rings. The molecule has 0 fully saturated rings. The molecule has 7 nitrogen and oxygen atoms in total. The van der Waals surface area contributed by atoms with E-state index in [-0.39, 0.29) is 28.2 Å². The SMILES string of the molecule is CC[C@H](C(=O)NC)N(Cc1ccccc1Cl)C(=O)CN(c1ccc(Cl)c(Cl)c1)S(C)(=O)=O. The minimum Gasteiger partial charge on any atom is -0.357 e. The number of nitrogens with one attached hydrogen (secondary N) is 1. The molecule has 11 heteroatoms. The summed E-state index contributed by atoms with van der Waals surface area (Å²) in [6.45, 7) is 1.26. The molecule has 2 amide bonds. The van der Waals surface area contributed by atoms with E-state index >= 15 is 0 Å². The Morgan fingerprint density at radius 3 is 2.22 bits per heavy atom. The van der Waals surface area contributed by atoms with Crippen LogP contribution >= 0.6 is 34.8 Å². The molecule has 0 aliphatic carbocycles. The van der Waals surface area contributed by atoms with Gasteiger partial charge >= 0.3 is 0 Å². The monoisotopic (exact) mass is 519 g/mol. The Kier molecular flexibility index (Phi) is 9.21. The topological polar surface area (TPSA) is 86.8 Å². The number of halogens is 3. The predicted molar refractivity (Wildman–Crippen MR) is 129 cm³/mol. The Balaban J connectivity index is 2.46. The fraction of sp³-hybridized carbons (Fsp3) is 0.333. The third kappa shape index (κ3) is 6.51. The number of likely N-dealkylation sites (N-methyl/N-ethyl adjacent to an activating group) is 1. The van der Waals surface area contributed by atoms with E-state index in [2.05, 4.69) is 5.32 Å². The summed E-state index contributed by atoms with van der Waals surface area (Å²) in [6.07, 6.45) is 1.30. The summed E-state index contributed by atoms with van der Waals surface area (Å²) in [5.41, 5.74) is 0.811. The molecule has 0 unspecified atom stereocenters. The van der Waals surface area contributed by atoms with Gasteiger partial charge in [-0.3, -0.25) is 13.9 Å². The number of sulfonamides is 1.